The molecule has 1 saturated carbocycles. The van der Waals surface area contributed by atoms with Crippen LogP contribution in [0.5, 0.6) is 0 Å². The molecule has 3 heteroatoms. The summed E-state index contributed by atoms with van der Waals surface area (Å²) in [7, 11) is 0. The van der Waals surface area contributed by atoms with Gasteiger partial charge < -0.3 is 5.73 Å². The van der Waals surface area contributed by atoms with Gasteiger partial charge in [-0.15, -0.1) is 0 Å². The summed E-state index contributed by atoms with van der Waals surface area (Å²) >= 11 is 0. The Morgan fingerprint density at radius 2 is 2.20 bits per heavy atom. The molecule has 1 aliphatic rings. The van der Waals surface area contributed by atoms with Gasteiger partial charge in [-0.25, -0.2) is 4.39 Å². The Kier molecular flexibility index (Phi) is 2.71. The van der Waals surface area contributed by atoms with Gasteiger partial charge in [0.2, 0.25) is 5.91 Å². The Labute approximate surface area is 88.3 Å². The van der Waals surface area contributed by atoms with Crippen molar-refractivity contribution in [2.45, 2.75) is 25.7 Å². The van der Waals surface area contributed by atoms with Crippen LogP contribution in [0.15, 0.2) is 18.2 Å². The predicted molar refractivity (Wildman–Crippen MR) is 56.0 cm³/mol. The molecule has 0 atom stereocenters. The van der Waals surface area contributed by atoms with E-state index in [0.717, 1.165) is 12.0 Å². The smallest absolute Gasteiger partial charge is 0.249 e. The SMILES string of the molecule is NC(=O)c1cc(F)ccc1CC1CCC1. The molecule has 2 nitrogen and oxygen atoms in total. The van der Waals surface area contributed by atoms with Crippen LogP contribution in [0, 0.1) is 11.7 Å². The molecule has 0 bridgehead atoms. The fourth-order valence-corrected chi connectivity index (χ4v) is 1.96. The summed E-state index contributed by atoms with van der Waals surface area (Å²) in [6.45, 7) is 0. The quantitative estimate of drug-likeness (QED) is 0.811. The first-order valence-corrected chi connectivity index (χ1v) is 5.25. The predicted octanol–water partition coefficient (Wildman–Crippen LogP) is 2.27. The number of nitrogens with two attached hydrogens (primary N) is 1. The molecule has 0 aliphatic heterocycles. The van der Waals surface area contributed by atoms with Crippen molar-refractivity contribution in [3.8, 4) is 0 Å². The molecule has 0 unspecified atom stereocenters. The lowest BCUT2D eigenvalue weighted by Gasteiger charge is -2.25. The normalized spacial score (nSPS) is 16.1. The number of halogens is 1. The Bertz CT molecular complexity index is 385. The molecule has 0 spiro atoms. The van der Waals surface area contributed by atoms with E-state index in [9.17, 15) is 9.18 Å². The van der Waals surface area contributed by atoms with E-state index in [2.05, 4.69) is 0 Å². The van der Waals surface area contributed by atoms with E-state index in [4.69, 9.17) is 5.73 Å². The minimum absolute atomic E-state index is 0.335. The molecule has 0 heterocycles. The van der Waals surface area contributed by atoms with E-state index in [1.54, 1.807) is 6.07 Å². The maximum atomic E-state index is 12.9. The topological polar surface area (TPSA) is 43.1 Å². The van der Waals surface area contributed by atoms with Crippen LogP contribution in [0.3, 0.4) is 0 Å². The molecule has 2 rings (SSSR count). The lowest BCUT2D eigenvalue weighted by Crippen LogP contribution is -2.19. The number of primary amides is 1. The highest BCUT2D eigenvalue weighted by Crippen LogP contribution is 2.30. The van der Waals surface area contributed by atoms with Crippen molar-refractivity contribution in [2.24, 2.45) is 11.7 Å². The fourth-order valence-electron chi connectivity index (χ4n) is 1.96. The van der Waals surface area contributed by atoms with Crippen LogP contribution in [-0.4, -0.2) is 5.91 Å². The average Bonchev–Trinajstić information content (AvgIpc) is 2.12. The number of hydrogen-bond acceptors (Lipinski definition) is 1. The first-order valence-electron chi connectivity index (χ1n) is 5.25. The number of carbonyl (C=O) groups is 1. The molecule has 1 amide bonds. The van der Waals surface area contributed by atoms with Crippen LogP contribution in [0.4, 0.5) is 4.39 Å². The fraction of sp³-hybridized carbons (Fsp3) is 0.417. The van der Waals surface area contributed by atoms with E-state index < -0.39 is 11.7 Å². The zero-order valence-corrected chi connectivity index (χ0v) is 8.50. The van der Waals surface area contributed by atoms with Crippen LogP contribution in [0.1, 0.15) is 35.2 Å². The lowest BCUT2D eigenvalue weighted by atomic mass is 9.80. The second kappa shape index (κ2) is 4.01. The summed E-state index contributed by atoms with van der Waals surface area (Å²) in [5.41, 5.74) is 6.43. The van der Waals surface area contributed by atoms with Crippen LogP contribution in [0.2, 0.25) is 0 Å². The zero-order valence-electron chi connectivity index (χ0n) is 8.50. The number of benzene rings is 1. The largest absolute Gasteiger partial charge is 0.366 e. The molecule has 0 saturated heterocycles. The molecule has 1 aromatic carbocycles. The summed E-state index contributed by atoms with van der Waals surface area (Å²) in [5.74, 6) is -0.293. The number of hydrogen-bond donors (Lipinski definition) is 1. The molecular weight excluding hydrogens is 193 g/mol. The first-order chi connectivity index (χ1) is 7.16. The van der Waals surface area contributed by atoms with Gasteiger partial charge in [-0.1, -0.05) is 25.3 Å². The standard InChI is InChI=1S/C12H14FNO/c13-10-5-4-9(6-8-2-1-3-8)11(7-10)12(14)15/h4-5,7-8H,1-3,6H2,(H2,14,15). The molecule has 80 valence electrons. The Hall–Kier alpha value is -1.38. The van der Waals surface area contributed by atoms with E-state index in [0.29, 0.717) is 11.5 Å². The minimum Gasteiger partial charge on any atom is -0.366 e. The number of rotatable bonds is 3. The van der Waals surface area contributed by atoms with Gasteiger partial charge in [0.25, 0.3) is 0 Å². The summed E-state index contributed by atoms with van der Waals surface area (Å²) in [6.07, 6.45) is 4.52. The van der Waals surface area contributed by atoms with Gasteiger partial charge >= 0.3 is 0 Å². The van der Waals surface area contributed by atoms with Crippen molar-refractivity contribution in [3.05, 3.63) is 35.1 Å². The van der Waals surface area contributed by atoms with Crippen LogP contribution >= 0.6 is 0 Å². The van der Waals surface area contributed by atoms with Gasteiger partial charge in [-0.2, -0.15) is 0 Å². The molecule has 1 aromatic rings. The maximum Gasteiger partial charge on any atom is 0.249 e. The van der Waals surface area contributed by atoms with Crippen molar-refractivity contribution >= 4 is 5.91 Å². The van der Waals surface area contributed by atoms with Gasteiger partial charge in [-0.05, 0) is 30.0 Å². The van der Waals surface area contributed by atoms with Crippen molar-refractivity contribution in [2.75, 3.05) is 0 Å². The zero-order chi connectivity index (χ0) is 10.8. The van der Waals surface area contributed by atoms with Crippen LogP contribution in [-0.2, 0) is 6.42 Å². The molecule has 1 aliphatic carbocycles. The van der Waals surface area contributed by atoms with Gasteiger partial charge in [-0.3, -0.25) is 4.79 Å². The third-order valence-electron chi connectivity index (χ3n) is 3.07. The highest BCUT2D eigenvalue weighted by Gasteiger charge is 2.20. The highest BCUT2D eigenvalue weighted by molar-refractivity contribution is 5.94. The van der Waals surface area contributed by atoms with E-state index in [1.165, 1.54) is 31.4 Å². The second-order valence-corrected chi connectivity index (χ2v) is 4.17. The van der Waals surface area contributed by atoms with Crippen molar-refractivity contribution in [3.63, 3.8) is 0 Å². The first kappa shape index (κ1) is 10.1. The van der Waals surface area contributed by atoms with Crippen molar-refractivity contribution in [1.82, 2.24) is 0 Å². The molecule has 0 aromatic heterocycles. The second-order valence-electron chi connectivity index (χ2n) is 4.17. The van der Waals surface area contributed by atoms with Crippen LogP contribution < -0.4 is 5.73 Å². The third kappa shape index (κ3) is 2.17. The van der Waals surface area contributed by atoms with E-state index in [1.807, 2.05) is 0 Å². The lowest BCUT2D eigenvalue weighted by molar-refractivity contribution is 0.0998. The Morgan fingerprint density at radius 1 is 1.47 bits per heavy atom. The molecular formula is C12H14FNO. The van der Waals surface area contributed by atoms with Crippen molar-refractivity contribution in [1.29, 1.82) is 0 Å². The average molecular weight is 207 g/mol. The summed E-state index contributed by atoms with van der Waals surface area (Å²) in [5, 5.41) is 0. The summed E-state index contributed by atoms with van der Waals surface area (Å²) < 4.78 is 12.9. The minimum atomic E-state index is -0.538. The number of amides is 1. The van der Waals surface area contributed by atoms with E-state index in [-0.39, 0.29) is 0 Å². The number of carbonyl (C=O) groups excluding carboxylic acids is 1. The van der Waals surface area contributed by atoms with Gasteiger partial charge in [0.1, 0.15) is 5.82 Å². The summed E-state index contributed by atoms with van der Waals surface area (Å²) in [4.78, 5) is 11.1. The highest BCUT2D eigenvalue weighted by atomic mass is 19.1. The summed E-state index contributed by atoms with van der Waals surface area (Å²) in [6, 6.07) is 4.30. The Balaban J connectivity index is 2.23. The third-order valence-corrected chi connectivity index (χ3v) is 3.07. The van der Waals surface area contributed by atoms with Gasteiger partial charge in [0.15, 0.2) is 0 Å². The molecule has 2 N–H and O–H groups in total. The van der Waals surface area contributed by atoms with Gasteiger partial charge in [0, 0.05) is 5.56 Å². The maximum absolute atomic E-state index is 12.9. The van der Waals surface area contributed by atoms with Crippen molar-refractivity contribution < 1.29 is 9.18 Å². The van der Waals surface area contributed by atoms with E-state index >= 15 is 0 Å². The Morgan fingerprint density at radius 3 is 2.73 bits per heavy atom. The van der Waals surface area contributed by atoms with Crippen LogP contribution in [0.25, 0.3) is 0 Å². The molecule has 1 fully saturated rings. The molecule has 15 heavy (non-hydrogen) atoms. The van der Waals surface area contributed by atoms with Gasteiger partial charge in [0.05, 0.1) is 0 Å². The molecule has 0 radical (unpaired) electrons. The monoisotopic (exact) mass is 207 g/mol.